The lowest BCUT2D eigenvalue weighted by Gasteiger charge is -2.33. The Balaban J connectivity index is 1.87. The van der Waals surface area contributed by atoms with Gasteiger partial charge in [0.05, 0.1) is 6.04 Å². The number of carbonyl (C=O) groups is 1. The molecule has 5 nitrogen and oxygen atoms in total. The number of rotatable bonds is 1. The van der Waals surface area contributed by atoms with Crippen LogP contribution in [0.25, 0.3) is 0 Å². The van der Waals surface area contributed by atoms with Crippen LogP contribution in [0.15, 0.2) is 12.4 Å². The fourth-order valence-electron chi connectivity index (χ4n) is 2.27. The highest BCUT2D eigenvalue weighted by Gasteiger charge is 2.27. The van der Waals surface area contributed by atoms with E-state index in [0.29, 0.717) is 6.04 Å². The molecule has 0 unspecified atom stereocenters. The first-order chi connectivity index (χ1) is 8.85. The van der Waals surface area contributed by atoms with Crippen molar-refractivity contribution in [2.24, 2.45) is 0 Å². The minimum absolute atomic E-state index is 0.206. The van der Waals surface area contributed by atoms with Crippen LogP contribution in [0.5, 0.6) is 0 Å². The Hall–Kier alpha value is -1.46. The topological polar surface area (TPSA) is 47.4 Å². The van der Waals surface area contributed by atoms with Gasteiger partial charge in [0.25, 0.3) is 0 Å². The number of carbonyl (C=O) groups excluding carboxylic acids is 1. The average molecular weight is 263 g/mol. The van der Waals surface area contributed by atoms with Crippen LogP contribution in [-0.4, -0.2) is 47.3 Å². The van der Waals surface area contributed by atoms with Crippen molar-refractivity contribution >= 4 is 19.4 Å². The van der Waals surface area contributed by atoms with Crippen molar-refractivity contribution in [3.05, 3.63) is 12.4 Å². The highest BCUT2D eigenvalue weighted by molar-refractivity contribution is 6.31. The van der Waals surface area contributed by atoms with Crippen LogP contribution in [0.4, 0.5) is 4.79 Å². The smallest absolute Gasteiger partial charge is 0.410 e. The molecule has 0 bridgehead atoms. The SMILES string of the molecule is Bc1cnn(C2CCN(C(=O)OC(C)(C)C)CC2)c1. The van der Waals surface area contributed by atoms with E-state index in [1.54, 1.807) is 4.90 Å². The van der Waals surface area contributed by atoms with Gasteiger partial charge < -0.3 is 9.64 Å². The number of ether oxygens (including phenoxy) is 1. The molecular weight excluding hydrogens is 241 g/mol. The fourth-order valence-corrected chi connectivity index (χ4v) is 2.27. The molecule has 1 fully saturated rings. The van der Waals surface area contributed by atoms with E-state index in [1.165, 1.54) is 5.46 Å². The third-order valence-corrected chi connectivity index (χ3v) is 3.22. The van der Waals surface area contributed by atoms with Crippen LogP contribution in [0.2, 0.25) is 0 Å². The zero-order valence-electron chi connectivity index (χ0n) is 12.2. The quantitative estimate of drug-likeness (QED) is 0.701. The lowest BCUT2D eigenvalue weighted by Crippen LogP contribution is -2.42. The van der Waals surface area contributed by atoms with Gasteiger partial charge in [0.15, 0.2) is 0 Å². The molecule has 1 saturated heterocycles. The Morgan fingerprint density at radius 2 is 2.05 bits per heavy atom. The lowest BCUT2D eigenvalue weighted by molar-refractivity contribution is 0.0185. The molecule has 0 atom stereocenters. The normalized spacial score (nSPS) is 17.5. The van der Waals surface area contributed by atoms with E-state index in [9.17, 15) is 4.79 Å². The maximum absolute atomic E-state index is 11.9. The molecule has 0 N–H and O–H groups in total. The molecule has 1 aliphatic heterocycles. The van der Waals surface area contributed by atoms with E-state index in [1.807, 2.05) is 39.5 Å². The molecule has 1 aliphatic rings. The van der Waals surface area contributed by atoms with Gasteiger partial charge in [-0.1, -0.05) is 5.46 Å². The van der Waals surface area contributed by atoms with Crippen LogP contribution in [0, 0.1) is 0 Å². The van der Waals surface area contributed by atoms with Crippen molar-refractivity contribution in [3.8, 4) is 0 Å². The van der Waals surface area contributed by atoms with Gasteiger partial charge in [-0.05, 0) is 33.6 Å². The summed E-state index contributed by atoms with van der Waals surface area (Å²) < 4.78 is 7.40. The molecule has 1 aromatic heterocycles. The van der Waals surface area contributed by atoms with E-state index < -0.39 is 5.60 Å². The summed E-state index contributed by atoms with van der Waals surface area (Å²) in [6.07, 6.45) is 5.59. The first-order valence-electron chi connectivity index (χ1n) is 6.84. The highest BCUT2D eigenvalue weighted by Crippen LogP contribution is 2.22. The van der Waals surface area contributed by atoms with Crippen molar-refractivity contribution in [3.63, 3.8) is 0 Å². The first-order valence-corrected chi connectivity index (χ1v) is 6.84. The van der Waals surface area contributed by atoms with Crippen LogP contribution in [0.3, 0.4) is 0 Å². The van der Waals surface area contributed by atoms with E-state index >= 15 is 0 Å². The summed E-state index contributed by atoms with van der Waals surface area (Å²) in [5.41, 5.74) is 0.752. The molecule has 2 heterocycles. The van der Waals surface area contributed by atoms with Gasteiger partial charge in [-0.3, -0.25) is 4.68 Å². The molecule has 0 aliphatic carbocycles. The molecule has 0 aromatic carbocycles. The van der Waals surface area contributed by atoms with E-state index in [-0.39, 0.29) is 6.09 Å². The minimum atomic E-state index is -0.424. The Labute approximate surface area is 115 Å². The fraction of sp³-hybridized carbons (Fsp3) is 0.692. The first kappa shape index (κ1) is 14.0. The lowest BCUT2D eigenvalue weighted by atomic mass is 10.0. The predicted octanol–water partition coefficient (Wildman–Crippen LogP) is 0.713. The van der Waals surface area contributed by atoms with Gasteiger partial charge in [0.1, 0.15) is 13.4 Å². The van der Waals surface area contributed by atoms with Gasteiger partial charge in [-0.2, -0.15) is 5.10 Å². The maximum atomic E-state index is 11.9. The number of hydrogen-bond acceptors (Lipinski definition) is 3. The third kappa shape index (κ3) is 3.75. The van der Waals surface area contributed by atoms with Crippen molar-refractivity contribution in [1.29, 1.82) is 0 Å². The standard InChI is InChI=1S/C13H22BN3O2/c1-13(2,3)19-12(18)16-6-4-11(5-7-16)17-9-10(14)8-15-17/h8-9,11H,4-7,14H2,1-3H3. The van der Waals surface area contributed by atoms with Gasteiger partial charge in [-0.15, -0.1) is 0 Å². The van der Waals surface area contributed by atoms with Gasteiger partial charge >= 0.3 is 6.09 Å². The summed E-state index contributed by atoms with van der Waals surface area (Å²) in [6.45, 7) is 7.15. The van der Waals surface area contributed by atoms with Crippen LogP contribution < -0.4 is 5.46 Å². The van der Waals surface area contributed by atoms with Gasteiger partial charge in [0, 0.05) is 25.5 Å². The van der Waals surface area contributed by atoms with E-state index in [4.69, 9.17) is 4.74 Å². The average Bonchev–Trinajstić information content (AvgIpc) is 2.74. The summed E-state index contributed by atoms with van der Waals surface area (Å²) in [7, 11) is 2.04. The molecule has 2 rings (SSSR count). The number of aromatic nitrogens is 2. The maximum Gasteiger partial charge on any atom is 0.410 e. The summed E-state index contributed by atoms with van der Waals surface area (Å²) in [5, 5.41) is 4.35. The summed E-state index contributed by atoms with van der Waals surface area (Å²) in [5.74, 6) is 0. The third-order valence-electron chi connectivity index (χ3n) is 3.22. The minimum Gasteiger partial charge on any atom is -0.444 e. The Morgan fingerprint density at radius 1 is 1.42 bits per heavy atom. The summed E-state index contributed by atoms with van der Waals surface area (Å²) in [6, 6.07) is 0.396. The molecule has 19 heavy (non-hydrogen) atoms. The molecule has 6 heteroatoms. The molecule has 1 amide bonds. The Bertz CT molecular complexity index is 445. The number of hydrogen-bond donors (Lipinski definition) is 0. The van der Waals surface area contributed by atoms with Gasteiger partial charge in [0.2, 0.25) is 0 Å². The van der Waals surface area contributed by atoms with E-state index in [2.05, 4.69) is 11.3 Å². The largest absolute Gasteiger partial charge is 0.444 e. The second-order valence-corrected chi connectivity index (χ2v) is 6.20. The number of likely N-dealkylation sites (tertiary alicyclic amines) is 1. The number of amides is 1. The van der Waals surface area contributed by atoms with Crippen LogP contribution in [0.1, 0.15) is 39.7 Å². The second kappa shape index (κ2) is 5.27. The van der Waals surface area contributed by atoms with Crippen molar-refractivity contribution in [2.45, 2.75) is 45.3 Å². The molecule has 1 aromatic rings. The molecule has 0 saturated carbocycles. The van der Waals surface area contributed by atoms with Crippen LogP contribution in [-0.2, 0) is 4.74 Å². The monoisotopic (exact) mass is 263 g/mol. The summed E-state index contributed by atoms with van der Waals surface area (Å²) in [4.78, 5) is 13.7. The molecular formula is C13H22BN3O2. The second-order valence-electron chi connectivity index (χ2n) is 6.20. The predicted molar refractivity (Wildman–Crippen MR) is 76.5 cm³/mol. The Morgan fingerprint density at radius 3 is 2.53 bits per heavy atom. The zero-order valence-corrected chi connectivity index (χ0v) is 12.2. The van der Waals surface area contributed by atoms with Crippen molar-refractivity contribution < 1.29 is 9.53 Å². The highest BCUT2D eigenvalue weighted by atomic mass is 16.6. The number of piperidine rings is 1. The molecule has 0 spiro atoms. The van der Waals surface area contributed by atoms with Crippen molar-refractivity contribution in [2.75, 3.05) is 13.1 Å². The van der Waals surface area contributed by atoms with Crippen LogP contribution >= 0.6 is 0 Å². The Kier molecular flexibility index (Phi) is 3.87. The van der Waals surface area contributed by atoms with E-state index in [0.717, 1.165) is 25.9 Å². The summed E-state index contributed by atoms with van der Waals surface area (Å²) >= 11 is 0. The zero-order chi connectivity index (χ0) is 14.0. The van der Waals surface area contributed by atoms with Crippen molar-refractivity contribution in [1.82, 2.24) is 14.7 Å². The van der Waals surface area contributed by atoms with Gasteiger partial charge in [-0.25, -0.2) is 4.79 Å². The molecule has 104 valence electrons. The molecule has 0 radical (unpaired) electrons. The number of nitrogens with zero attached hydrogens (tertiary/aromatic N) is 3.